The third kappa shape index (κ3) is 6.44. The van der Waals surface area contributed by atoms with Crippen LogP contribution in [0.15, 0.2) is 54.1 Å². The molecule has 188 valence electrons. The molecule has 0 aliphatic carbocycles. The van der Waals surface area contributed by atoms with Gasteiger partial charge in [-0.2, -0.15) is 0 Å². The first-order chi connectivity index (χ1) is 16.9. The van der Waals surface area contributed by atoms with Gasteiger partial charge in [0.25, 0.3) is 11.7 Å². The Morgan fingerprint density at radius 2 is 1.71 bits per heavy atom. The molecule has 1 saturated heterocycles. The number of hydrogen-bond acceptors (Lipinski definition) is 5. The van der Waals surface area contributed by atoms with Crippen LogP contribution in [0, 0.1) is 5.92 Å². The number of nitrogens with zero attached hydrogens (tertiary/aromatic N) is 1. The maximum atomic E-state index is 13.1. The van der Waals surface area contributed by atoms with Gasteiger partial charge in [0.05, 0.1) is 24.8 Å². The maximum absolute atomic E-state index is 13.1. The second kappa shape index (κ2) is 12.4. The predicted octanol–water partition coefficient (Wildman–Crippen LogP) is 6.12. The van der Waals surface area contributed by atoms with Crippen molar-refractivity contribution in [1.29, 1.82) is 0 Å². The Hall–Kier alpha value is -3.28. The van der Waals surface area contributed by atoms with E-state index >= 15 is 0 Å². The topological polar surface area (TPSA) is 76.1 Å². The average molecular weight is 480 g/mol. The highest BCUT2D eigenvalue weighted by atomic mass is 16.5. The van der Waals surface area contributed by atoms with Crippen molar-refractivity contribution < 1.29 is 24.2 Å². The summed E-state index contributed by atoms with van der Waals surface area (Å²) in [5.41, 5.74) is 1.30. The summed E-state index contributed by atoms with van der Waals surface area (Å²) in [6.07, 6.45) is 3.91. The van der Waals surface area contributed by atoms with E-state index < -0.39 is 17.7 Å². The Morgan fingerprint density at radius 3 is 2.37 bits per heavy atom. The molecule has 1 aliphatic rings. The summed E-state index contributed by atoms with van der Waals surface area (Å²) in [5, 5.41) is 11.2. The quantitative estimate of drug-likeness (QED) is 0.172. The molecule has 3 rings (SSSR count). The van der Waals surface area contributed by atoms with Crippen molar-refractivity contribution in [3.63, 3.8) is 0 Å². The van der Waals surface area contributed by atoms with Crippen LogP contribution >= 0.6 is 0 Å². The Labute approximate surface area is 208 Å². The minimum absolute atomic E-state index is 0.0982. The lowest BCUT2D eigenvalue weighted by atomic mass is 9.95. The Bertz CT molecular complexity index is 1040. The number of rotatable bonds is 12. The smallest absolute Gasteiger partial charge is 0.295 e. The van der Waals surface area contributed by atoms with Crippen molar-refractivity contribution in [3.05, 3.63) is 65.2 Å². The largest absolute Gasteiger partial charge is 0.507 e. The second-order valence-corrected chi connectivity index (χ2v) is 9.35. The van der Waals surface area contributed by atoms with Crippen LogP contribution in [0.5, 0.6) is 11.5 Å². The van der Waals surface area contributed by atoms with Crippen molar-refractivity contribution in [1.82, 2.24) is 4.90 Å². The number of amides is 1. The third-order valence-electron chi connectivity index (χ3n) is 5.91. The van der Waals surface area contributed by atoms with E-state index in [-0.39, 0.29) is 11.3 Å². The number of ether oxygens (including phenoxy) is 2. The zero-order valence-electron chi connectivity index (χ0n) is 21.3. The van der Waals surface area contributed by atoms with Crippen LogP contribution in [0.25, 0.3) is 5.76 Å². The van der Waals surface area contributed by atoms with E-state index in [1.54, 1.807) is 29.2 Å². The highest BCUT2D eigenvalue weighted by Gasteiger charge is 2.45. The van der Waals surface area contributed by atoms with Gasteiger partial charge in [-0.3, -0.25) is 9.59 Å². The molecular formula is C29H37NO5. The van der Waals surface area contributed by atoms with Gasteiger partial charge in [0.15, 0.2) is 0 Å². The molecule has 1 unspecified atom stereocenters. The van der Waals surface area contributed by atoms with Crippen LogP contribution in [-0.2, 0) is 9.59 Å². The molecule has 1 heterocycles. The zero-order valence-corrected chi connectivity index (χ0v) is 21.3. The summed E-state index contributed by atoms with van der Waals surface area (Å²) in [4.78, 5) is 27.6. The molecule has 1 amide bonds. The fourth-order valence-corrected chi connectivity index (χ4v) is 4.14. The summed E-state index contributed by atoms with van der Waals surface area (Å²) in [6.45, 7) is 9.85. The first-order valence-corrected chi connectivity index (χ1v) is 12.6. The predicted molar refractivity (Wildman–Crippen MR) is 138 cm³/mol. The van der Waals surface area contributed by atoms with E-state index in [1.165, 1.54) is 0 Å². The molecule has 0 spiro atoms. The lowest BCUT2D eigenvalue weighted by molar-refractivity contribution is -0.139. The van der Waals surface area contributed by atoms with Gasteiger partial charge in [0.2, 0.25) is 0 Å². The van der Waals surface area contributed by atoms with E-state index in [0.29, 0.717) is 49.2 Å². The number of hydrogen-bond donors (Lipinski definition) is 1. The second-order valence-electron chi connectivity index (χ2n) is 9.35. The Kier molecular flexibility index (Phi) is 9.35. The van der Waals surface area contributed by atoms with Crippen molar-refractivity contribution in [2.75, 3.05) is 19.8 Å². The van der Waals surface area contributed by atoms with Crippen molar-refractivity contribution in [2.24, 2.45) is 5.92 Å². The first kappa shape index (κ1) is 26.3. The number of aliphatic hydroxyl groups is 1. The van der Waals surface area contributed by atoms with Crippen LogP contribution in [0.3, 0.4) is 0 Å². The molecule has 1 N–H and O–H groups in total. The number of ketones is 1. The van der Waals surface area contributed by atoms with Crippen LogP contribution in [0.4, 0.5) is 0 Å². The molecule has 0 saturated carbocycles. The molecule has 2 aromatic carbocycles. The van der Waals surface area contributed by atoms with E-state index in [1.807, 2.05) is 31.2 Å². The Morgan fingerprint density at radius 1 is 0.971 bits per heavy atom. The van der Waals surface area contributed by atoms with Crippen molar-refractivity contribution in [2.45, 2.75) is 59.4 Å². The minimum atomic E-state index is -0.678. The van der Waals surface area contributed by atoms with Gasteiger partial charge in [-0.15, -0.1) is 0 Å². The molecule has 0 bridgehead atoms. The standard InChI is InChI=1S/C29H37NO5/c1-5-7-8-17-34-23-14-12-21(13-15-23)27(31)25-26(30(16-6-2)29(33)28(25)32)22-10-9-11-24(18-22)35-19-20(3)4/h9-15,18,20,26,31H,5-8,16-17,19H2,1-4H3/b27-25-. The number of benzene rings is 2. The average Bonchev–Trinajstić information content (AvgIpc) is 3.11. The molecule has 1 fully saturated rings. The van der Waals surface area contributed by atoms with Gasteiger partial charge in [-0.05, 0) is 60.7 Å². The Balaban J connectivity index is 1.95. The van der Waals surface area contributed by atoms with Gasteiger partial charge in [-0.1, -0.05) is 52.7 Å². The van der Waals surface area contributed by atoms with Gasteiger partial charge in [-0.25, -0.2) is 0 Å². The summed E-state index contributed by atoms with van der Waals surface area (Å²) >= 11 is 0. The van der Waals surface area contributed by atoms with Gasteiger partial charge in [0.1, 0.15) is 17.3 Å². The molecule has 6 heteroatoms. The third-order valence-corrected chi connectivity index (χ3v) is 5.91. The molecule has 2 aromatic rings. The number of unbranched alkanes of at least 4 members (excludes halogenated alkanes) is 2. The SMILES string of the molecule is CCCCCOc1ccc(/C(O)=C2/C(=O)C(=O)N(CCC)C2c2cccc(OCC(C)C)c2)cc1. The molecule has 1 atom stereocenters. The maximum Gasteiger partial charge on any atom is 0.295 e. The van der Waals surface area contributed by atoms with E-state index in [0.717, 1.165) is 24.8 Å². The van der Waals surface area contributed by atoms with Crippen LogP contribution in [0.1, 0.15) is 70.5 Å². The van der Waals surface area contributed by atoms with E-state index in [4.69, 9.17) is 9.47 Å². The van der Waals surface area contributed by atoms with Crippen molar-refractivity contribution >= 4 is 17.4 Å². The summed E-state index contributed by atoms with van der Waals surface area (Å²) in [6, 6.07) is 13.7. The molecule has 0 radical (unpaired) electrons. The highest BCUT2D eigenvalue weighted by Crippen LogP contribution is 2.40. The summed E-state index contributed by atoms with van der Waals surface area (Å²) < 4.78 is 11.6. The molecule has 6 nitrogen and oxygen atoms in total. The molecule has 0 aromatic heterocycles. The number of Topliss-reactive ketones (excluding diaryl/α,β-unsaturated/α-hetero) is 1. The number of carbonyl (C=O) groups excluding carboxylic acids is 2. The molecule has 1 aliphatic heterocycles. The normalized spacial score (nSPS) is 17.3. The van der Waals surface area contributed by atoms with E-state index in [2.05, 4.69) is 20.8 Å². The van der Waals surface area contributed by atoms with Gasteiger partial charge in [0, 0.05) is 12.1 Å². The number of aliphatic hydroxyl groups excluding tert-OH is 1. The lowest BCUT2D eigenvalue weighted by Gasteiger charge is -2.25. The summed E-state index contributed by atoms with van der Waals surface area (Å²) in [5.74, 6) is 0.289. The van der Waals surface area contributed by atoms with Crippen LogP contribution in [0.2, 0.25) is 0 Å². The van der Waals surface area contributed by atoms with Crippen molar-refractivity contribution in [3.8, 4) is 11.5 Å². The zero-order chi connectivity index (χ0) is 25.4. The van der Waals surface area contributed by atoms with Crippen LogP contribution < -0.4 is 9.47 Å². The first-order valence-electron chi connectivity index (χ1n) is 12.6. The fourth-order valence-electron chi connectivity index (χ4n) is 4.14. The number of likely N-dealkylation sites (tertiary alicyclic amines) is 1. The monoisotopic (exact) mass is 479 g/mol. The van der Waals surface area contributed by atoms with Gasteiger partial charge >= 0.3 is 0 Å². The molecule has 35 heavy (non-hydrogen) atoms. The van der Waals surface area contributed by atoms with E-state index in [9.17, 15) is 14.7 Å². The molecular weight excluding hydrogens is 442 g/mol. The fraction of sp³-hybridized carbons (Fsp3) is 0.448. The minimum Gasteiger partial charge on any atom is -0.507 e. The number of carbonyl (C=O) groups is 2. The summed E-state index contributed by atoms with van der Waals surface area (Å²) in [7, 11) is 0. The lowest BCUT2D eigenvalue weighted by Crippen LogP contribution is -2.30. The van der Waals surface area contributed by atoms with Gasteiger partial charge < -0.3 is 19.5 Å². The van der Waals surface area contributed by atoms with Crippen LogP contribution in [-0.4, -0.2) is 41.5 Å². The highest BCUT2D eigenvalue weighted by molar-refractivity contribution is 6.46.